The van der Waals surface area contributed by atoms with Crippen molar-refractivity contribution in [3.63, 3.8) is 0 Å². The highest BCUT2D eigenvalue weighted by atomic mass is 32.2. The summed E-state index contributed by atoms with van der Waals surface area (Å²) in [6.45, 7) is 2.05. The van der Waals surface area contributed by atoms with Gasteiger partial charge in [0.25, 0.3) is 11.8 Å². The third kappa shape index (κ3) is 4.62. The zero-order chi connectivity index (χ0) is 21.1. The minimum Gasteiger partial charge on any atom is -0.349 e. The molecule has 4 nitrogen and oxygen atoms in total. The normalized spacial score (nSPS) is 18.8. The lowest BCUT2D eigenvalue weighted by atomic mass is 10.1. The van der Waals surface area contributed by atoms with E-state index >= 15 is 0 Å². The molecule has 4 rings (SSSR count). The van der Waals surface area contributed by atoms with Gasteiger partial charge >= 0.3 is 0 Å². The number of hydrogen-bond donors (Lipinski definition) is 1. The predicted molar refractivity (Wildman–Crippen MR) is 124 cm³/mol. The van der Waals surface area contributed by atoms with Gasteiger partial charge in [-0.3, -0.25) is 9.59 Å². The van der Waals surface area contributed by atoms with Crippen molar-refractivity contribution >= 4 is 35.3 Å². The molecule has 0 radical (unpaired) electrons. The lowest BCUT2D eigenvalue weighted by Gasteiger charge is -2.27. The molecular weight excluding hydrogens is 392 g/mol. The number of likely N-dealkylation sites (N-methyl/N-ethyl adjacent to an activating group) is 1. The number of rotatable bonds is 3. The fourth-order valence-electron chi connectivity index (χ4n) is 4.04. The number of anilines is 1. The molecule has 0 aromatic heterocycles. The highest BCUT2D eigenvalue weighted by Crippen LogP contribution is 2.42. The lowest BCUT2D eigenvalue weighted by molar-refractivity contribution is -0.114. The maximum atomic E-state index is 12.9. The highest BCUT2D eigenvalue weighted by Gasteiger charge is 2.27. The van der Waals surface area contributed by atoms with Crippen LogP contribution in [-0.2, 0) is 4.79 Å². The van der Waals surface area contributed by atoms with E-state index in [-0.39, 0.29) is 17.9 Å². The van der Waals surface area contributed by atoms with E-state index in [0.29, 0.717) is 10.5 Å². The fraction of sp³-hybridized carbons (Fsp3) is 0.360. The zero-order valence-electron chi connectivity index (χ0n) is 17.6. The van der Waals surface area contributed by atoms with Crippen LogP contribution in [0.3, 0.4) is 0 Å². The summed E-state index contributed by atoms with van der Waals surface area (Å²) in [6.07, 6.45) is 8.91. The van der Waals surface area contributed by atoms with Gasteiger partial charge in [0, 0.05) is 23.5 Å². The van der Waals surface area contributed by atoms with Crippen LogP contribution in [0.25, 0.3) is 6.08 Å². The van der Waals surface area contributed by atoms with Crippen molar-refractivity contribution in [1.29, 1.82) is 0 Å². The van der Waals surface area contributed by atoms with Gasteiger partial charge in [0.15, 0.2) is 0 Å². The molecule has 2 amide bonds. The Labute approximate surface area is 182 Å². The van der Waals surface area contributed by atoms with Crippen molar-refractivity contribution in [3.8, 4) is 0 Å². The molecule has 2 aliphatic rings. The largest absolute Gasteiger partial charge is 0.349 e. The van der Waals surface area contributed by atoms with Crippen LogP contribution in [0.2, 0.25) is 0 Å². The minimum atomic E-state index is -0.0469. The molecule has 1 saturated carbocycles. The molecule has 1 aliphatic carbocycles. The van der Waals surface area contributed by atoms with E-state index in [2.05, 4.69) is 5.32 Å². The summed E-state index contributed by atoms with van der Waals surface area (Å²) >= 11 is 1.46. The summed E-state index contributed by atoms with van der Waals surface area (Å²) in [6, 6.07) is 14.0. The smallest absolute Gasteiger partial charge is 0.264 e. The van der Waals surface area contributed by atoms with Gasteiger partial charge in [-0.1, -0.05) is 67.3 Å². The van der Waals surface area contributed by atoms with Crippen molar-refractivity contribution in [1.82, 2.24) is 5.32 Å². The summed E-state index contributed by atoms with van der Waals surface area (Å²) in [5.41, 5.74) is 3.60. The Bertz CT molecular complexity index is 973. The number of carbonyl (C=O) groups excluding carboxylic acids is 2. The molecule has 2 aromatic carbocycles. The second-order valence-corrected chi connectivity index (χ2v) is 9.31. The molecule has 0 unspecified atom stereocenters. The topological polar surface area (TPSA) is 49.4 Å². The Morgan fingerprint density at radius 3 is 2.47 bits per heavy atom. The molecule has 1 N–H and O–H groups in total. The van der Waals surface area contributed by atoms with E-state index < -0.39 is 0 Å². The molecule has 156 valence electrons. The molecule has 0 bridgehead atoms. The van der Waals surface area contributed by atoms with Crippen molar-refractivity contribution in [2.75, 3.05) is 11.9 Å². The number of carbonyl (C=O) groups is 2. The number of aryl methyl sites for hydroxylation is 1. The fourth-order valence-corrected chi connectivity index (χ4v) is 5.13. The van der Waals surface area contributed by atoms with Crippen molar-refractivity contribution in [3.05, 3.63) is 64.1 Å². The van der Waals surface area contributed by atoms with Gasteiger partial charge in [-0.15, -0.1) is 0 Å². The van der Waals surface area contributed by atoms with Gasteiger partial charge in [0.2, 0.25) is 0 Å². The van der Waals surface area contributed by atoms with Gasteiger partial charge in [-0.25, -0.2) is 0 Å². The average molecular weight is 421 g/mol. The van der Waals surface area contributed by atoms with Crippen LogP contribution in [0, 0.1) is 6.92 Å². The standard InChI is InChI=1S/C25H28N2O2S/c1-17-9-11-18(12-10-17)15-23-25(29)27(2)21-16-19(13-14-22(21)30-23)24(28)26-20-7-5-3-4-6-8-20/h9-16,20H,3-8H2,1-2H3,(H,26,28)/b23-15-. The van der Waals surface area contributed by atoms with Gasteiger partial charge < -0.3 is 10.2 Å². The van der Waals surface area contributed by atoms with Crippen molar-refractivity contribution in [2.45, 2.75) is 56.4 Å². The molecule has 1 fully saturated rings. The maximum Gasteiger partial charge on any atom is 0.264 e. The average Bonchev–Trinajstić information content (AvgIpc) is 3.02. The van der Waals surface area contributed by atoms with Gasteiger partial charge in [0.1, 0.15) is 0 Å². The van der Waals surface area contributed by atoms with Crippen LogP contribution in [0.1, 0.15) is 60.0 Å². The predicted octanol–water partition coefficient (Wildman–Crippen LogP) is 5.56. The maximum absolute atomic E-state index is 12.9. The van der Waals surface area contributed by atoms with E-state index in [9.17, 15) is 9.59 Å². The van der Waals surface area contributed by atoms with E-state index in [0.717, 1.165) is 29.0 Å². The number of nitrogens with zero attached hydrogens (tertiary/aromatic N) is 1. The third-order valence-electron chi connectivity index (χ3n) is 5.88. The molecule has 0 spiro atoms. The first kappa shape index (κ1) is 20.7. The van der Waals surface area contributed by atoms with Crippen LogP contribution >= 0.6 is 11.8 Å². The molecular formula is C25H28N2O2S. The second-order valence-electron chi connectivity index (χ2n) is 8.23. The molecule has 5 heteroatoms. The van der Waals surface area contributed by atoms with Crippen molar-refractivity contribution < 1.29 is 9.59 Å². The first-order valence-electron chi connectivity index (χ1n) is 10.7. The number of fused-ring (bicyclic) bond motifs is 1. The number of amides is 2. The number of nitrogens with one attached hydrogen (secondary N) is 1. The lowest BCUT2D eigenvalue weighted by Crippen LogP contribution is -2.35. The van der Waals surface area contributed by atoms with Gasteiger partial charge in [-0.05, 0) is 49.6 Å². The van der Waals surface area contributed by atoms with E-state index in [1.165, 1.54) is 43.0 Å². The van der Waals surface area contributed by atoms with Gasteiger partial charge in [0.05, 0.1) is 10.6 Å². The van der Waals surface area contributed by atoms with Crippen LogP contribution < -0.4 is 10.2 Å². The van der Waals surface area contributed by atoms with E-state index in [1.807, 2.05) is 55.5 Å². The summed E-state index contributed by atoms with van der Waals surface area (Å²) in [7, 11) is 1.77. The quantitative estimate of drug-likeness (QED) is 0.523. The number of thioether (sulfide) groups is 1. The Kier molecular flexibility index (Phi) is 6.28. The molecule has 1 heterocycles. The Balaban J connectivity index is 1.53. The second kappa shape index (κ2) is 9.09. The highest BCUT2D eigenvalue weighted by molar-refractivity contribution is 8.04. The Hall–Kier alpha value is -2.53. The summed E-state index contributed by atoms with van der Waals surface area (Å²) in [5, 5.41) is 3.19. The monoisotopic (exact) mass is 420 g/mol. The van der Waals surface area contributed by atoms with Crippen molar-refractivity contribution in [2.24, 2.45) is 0 Å². The first-order chi connectivity index (χ1) is 14.5. The molecule has 2 aromatic rings. The third-order valence-corrected chi connectivity index (χ3v) is 6.96. The van der Waals surface area contributed by atoms with E-state index in [1.54, 1.807) is 11.9 Å². The zero-order valence-corrected chi connectivity index (χ0v) is 18.4. The molecule has 0 saturated heterocycles. The Morgan fingerprint density at radius 2 is 1.77 bits per heavy atom. The molecule has 30 heavy (non-hydrogen) atoms. The SMILES string of the molecule is Cc1ccc(/C=C2\Sc3ccc(C(=O)NC4CCCCCC4)cc3N(C)C2=O)cc1. The summed E-state index contributed by atoms with van der Waals surface area (Å²) in [5.74, 6) is -0.0917. The first-order valence-corrected chi connectivity index (χ1v) is 11.5. The van der Waals surface area contributed by atoms with Crippen LogP contribution in [0.15, 0.2) is 52.3 Å². The van der Waals surface area contributed by atoms with E-state index in [4.69, 9.17) is 0 Å². The number of benzene rings is 2. The van der Waals surface area contributed by atoms with Crippen LogP contribution in [-0.4, -0.2) is 24.9 Å². The van der Waals surface area contributed by atoms with Crippen LogP contribution in [0.4, 0.5) is 5.69 Å². The summed E-state index contributed by atoms with van der Waals surface area (Å²) < 4.78 is 0. The number of hydrogen-bond acceptors (Lipinski definition) is 3. The van der Waals surface area contributed by atoms with Gasteiger partial charge in [-0.2, -0.15) is 0 Å². The summed E-state index contributed by atoms with van der Waals surface area (Å²) in [4.78, 5) is 29.1. The minimum absolute atomic E-state index is 0.0449. The Morgan fingerprint density at radius 1 is 1.07 bits per heavy atom. The molecule has 1 aliphatic heterocycles. The molecule has 0 atom stereocenters. The van der Waals surface area contributed by atoms with Crippen LogP contribution in [0.5, 0.6) is 0 Å².